The Morgan fingerprint density at radius 3 is 2.03 bits per heavy atom. The Morgan fingerprint density at radius 1 is 0.828 bits per heavy atom. The third-order valence-electron chi connectivity index (χ3n) is 4.82. The Hall–Kier alpha value is -2.77. The van der Waals surface area contributed by atoms with Gasteiger partial charge in [-0.25, -0.2) is 0 Å². The van der Waals surface area contributed by atoms with E-state index >= 15 is 0 Å². The maximum Gasteiger partial charge on any atom is 0.314 e. The summed E-state index contributed by atoms with van der Waals surface area (Å²) in [5.74, 6) is 0. The fourth-order valence-electron chi connectivity index (χ4n) is 3.46. The second-order valence-electron chi connectivity index (χ2n) is 7.17. The van der Waals surface area contributed by atoms with Crippen LogP contribution in [-0.4, -0.2) is 9.97 Å². The fraction of sp³-hybridized carbons (Fsp3) is 0.182. The molecule has 0 aliphatic carbocycles. The zero-order chi connectivity index (χ0) is 20.7. The average molecular weight is 424 g/mol. The summed E-state index contributed by atoms with van der Waals surface area (Å²) in [5.41, 5.74) is 5.74. The molecule has 29 heavy (non-hydrogen) atoms. The molecular weight excluding hydrogens is 402 g/mol. The van der Waals surface area contributed by atoms with Crippen molar-refractivity contribution in [2.75, 3.05) is 4.72 Å². The molecule has 0 radical (unpaired) electrons. The van der Waals surface area contributed by atoms with Crippen molar-refractivity contribution < 1.29 is 0 Å². The molecule has 0 amide bonds. The predicted molar refractivity (Wildman–Crippen MR) is 123 cm³/mol. The van der Waals surface area contributed by atoms with Crippen LogP contribution < -0.4 is 15.8 Å². The van der Waals surface area contributed by atoms with Crippen LogP contribution in [0.4, 0.5) is 5.69 Å². The molecule has 148 valence electrons. The molecule has 0 spiro atoms. The maximum absolute atomic E-state index is 11.6. The smallest absolute Gasteiger partial charge is 0.314 e. The van der Waals surface area contributed by atoms with Crippen LogP contribution in [-0.2, 0) is 0 Å². The van der Waals surface area contributed by atoms with E-state index in [0.717, 1.165) is 16.1 Å². The van der Waals surface area contributed by atoms with E-state index in [1.54, 1.807) is 0 Å². The highest BCUT2D eigenvalue weighted by atomic mass is 32.2. The molecule has 0 saturated heterocycles. The van der Waals surface area contributed by atoms with E-state index in [1.165, 1.54) is 38.4 Å². The van der Waals surface area contributed by atoms with Gasteiger partial charge in [-0.3, -0.25) is 9.59 Å². The molecule has 0 bridgehead atoms. The number of rotatable bonds is 4. The molecule has 5 nitrogen and oxygen atoms in total. The molecule has 0 aliphatic rings. The molecule has 0 atom stereocenters. The van der Waals surface area contributed by atoms with E-state index < -0.39 is 11.1 Å². The van der Waals surface area contributed by atoms with Crippen LogP contribution in [0.5, 0.6) is 0 Å². The zero-order valence-electron chi connectivity index (χ0n) is 16.6. The van der Waals surface area contributed by atoms with Crippen LogP contribution in [0.1, 0.15) is 21.6 Å². The van der Waals surface area contributed by atoms with E-state index in [4.69, 9.17) is 0 Å². The van der Waals surface area contributed by atoms with Gasteiger partial charge in [0.1, 0.15) is 0 Å². The molecule has 0 aliphatic heterocycles. The van der Waals surface area contributed by atoms with Gasteiger partial charge in [-0.2, -0.15) is 0 Å². The van der Waals surface area contributed by atoms with Crippen molar-refractivity contribution in [3.63, 3.8) is 0 Å². The van der Waals surface area contributed by atoms with E-state index in [0.29, 0.717) is 11.0 Å². The van der Waals surface area contributed by atoms with Gasteiger partial charge in [0.2, 0.25) is 0 Å². The number of H-pyrrole nitrogens is 2. The number of fused-ring (bicyclic) bond motifs is 1. The second kappa shape index (κ2) is 7.57. The van der Waals surface area contributed by atoms with E-state index in [9.17, 15) is 9.59 Å². The average Bonchev–Trinajstić information content (AvgIpc) is 3.07. The number of aryl methyl sites for hydroxylation is 4. The number of hydrogen-bond acceptors (Lipinski definition) is 5. The molecule has 7 heteroatoms. The van der Waals surface area contributed by atoms with E-state index in [2.05, 4.69) is 59.7 Å². The van der Waals surface area contributed by atoms with Crippen molar-refractivity contribution in [2.45, 2.75) is 32.6 Å². The lowest BCUT2D eigenvalue weighted by Gasteiger charge is -2.14. The van der Waals surface area contributed by atoms with Crippen LogP contribution in [0.2, 0.25) is 0 Å². The maximum atomic E-state index is 11.6. The number of aromatic nitrogens is 2. The van der Waals surface area contributed by atoms with Crippen molar-refractivity contribution in [3.8, 4) is 10.4 Å². The first kappa shape index (κ1) is 19.5. The van der Waals surface area contributed by atoms with Crippen LogP contribution in [0, 0.1) is 27.7 Å². The van der Waals surface area contributed by atoms with Gasteiger partial charge in [-0.15, -0.1) is 11.3 Å². The number of nitrogens with one attached hydrogen (secondary N) is 3. The number of aromatic amines is 2. The second-order valence-corrected chi connectivity index (χ2v) is 9.31. The van der Waals surface area contributed by atoms with Crippen molar-refractivity contribution in [1.29, 1.82) is 0 Å². The van der Waals surface area contributed by atoms with Gasteiger partial charge in [-0.05, 0) is 98.3 Å². The Bertz CT molecular complexity index is 1330. The van der Waals surface area contributed by atoms with Crippen LogP contribution >= 0.6 is 23.3 Å². The molecule has 0 fully saturated rings. The molecule has 2 aromatic heterocycles. The molecule has 2 aromatic carbocycles. The zero-order valence-corrected chi connectivity index (χ0v) is 18.2. The first-order valence-electron chi connectivity index (χ1n) is 9.19. The number of thiophene rings is 1. The normalized spacial score (nSPS) is 11.2. The number of benzene rings is 2. The molecule has 0 saturated carbocycles. The van der Waals surface area contributed by atoms with Gasteiger partial charge in [0.05, 0.1) is 11.0 Å². The summed E-state index contributed by atoms with van der Waals surface area (Å²) in [7, 11) is 0. The predicted octanol–water partition coefficient (Wildman–Crippen LogP) is 5.30. The topological polar surface area (TPSA) is 77.8 Å². The van der Waals surface area contributed by atoms with Gasteiger partial charge in [0, 0.05) is 20.3 Å². The lowest BCUT2D eigenvalue weighted by atomic mass is 10.0. The Labute approximate surface area is 176 Å². The molecule has 4 aromatic rings. The minimum absolute atomic E-state index is 0.611. The molecule has 0 unspecified atom stereocenters. The Morgan fingerprint density at radius 2 is 1.45 bits per heavy atom. The van der Waals surface area contributed by atoms with Crippen molar-refractivity contribution in [2.24, 2.45) is 0 Å². The highest BCUT2D eigenvalue weighted by Crippen LogP contribution is 2.36. The minimum Gasteiger partial charge on any atom is -0.326 e. The molecule has 3 N–H and O–H groups in total. The summed E-state index contributed by atoms with van der Waals surface area (Å²) < 4.78 is 3.41. The summed E-state index contributed by atoms with van der Waals surface area (Å²) in [6.45, 7) is 8.37. The lowest BCUT2D eigenvalue weighted by molar-refractivity contribution is 1.13. The van der Waals surface area contributed by atoms with E-state index in [1.807, 2.05) is 30.4 Å². The van der Waals surface area contributed by atoms with Crippen molar-refractivity contribution >= 4 is 40.0 Å². The monoisotopic (exact) mass is 423 g/mol. The molecule has 4 rings (SSSR count). The Balaban J connectivity index is 1.62. The third-order valence-corrected chi connectivity index (χ3v) is 6.83. The van der Waals surface area contributed by atoms with Crippen LogP contribution in [0.3, 0.4) is 0 Å². The van der Waals surface area contributed by atoms with Gasteiger partial charge in [0.25, 0.3) is 0 Å². The summed E-state index contributed by atoms with van der Waals surface area (Å²) >= 11 is 3.30. The molecular formula is C22H21N3O2S2. The highest BCUT2D eigenvalue weighted by Gasteiger charge is 2.11. The summed E-state index contributed by atoms with van der Waals surface area (Å²) in [5, 5.41) is 0. The van der Waals surface area contributed by atoms with Crippen molar-refractivity contribution in [1.82, 2.24) is 9.97 Å². The SMILES string of the molecule is Cc1ccc(-c2c(C)cc(NSc3cc4[nH]c(=O)c(=O)[nH]c4cc3C)cc2C)s1. The fourth-order valence-corrected chi connectivity index (χ4v) is 5.24. The quantitative estimate of drug-likeness (QED) is 0.308. The molecule has 2 heterocycles. The van der Waals surface area contributed by atoms with Crippen LogP contribution in [0.25, 0.3) is 21.5 Å². The number of hydrogen-bond donors (Lipinski definition) is 3. The first-order chi connectivity index (χ1) is 13.8. The van der Waals surface area contributed by atoms with Gasteiger partial charge in [0.15, 0.2) is 0 Å². The third kappa shape index (κ3) is 3.88. The van der Waals surface area contributed by atoms with Gasteiger partial charge < -0.3 is 14.7 Å². The summed E-state index contributed by atoms with van der Waals surface area (Å²) in [6.07, 6.45) is 0. The Kier molecular flexibility index (Phi) is 5.10. The van der Waals surface area contributed by atoms with Gasteiger partial charge in [-0.1, -0.05) is 0 Å². The van der Waals surface area contributed by atoms with Crippen LogP contribution in [0.15, 0.2) is 50.9 Å². The lowest BCUT2D eigenvalue weighted by Crippen LogP contribution is -2.28. The standard InChI is InChI=1S/C22H21N3O2S2/c1-11-9-16-17(24-22(27)21(26)23-16)10-19(11)29-25-15-7-12(2)20(13(3)8-15)18-6-5-14(4)28-18/h5-10,25H,1-4H3,(H,23,26)(H,24,27). The largest absolute Gasteiger partial charge is 0.326 e. The minimum atomic E-state index is -0.643. The van der Waals surface area contributed by atoms with Gasteiger partial charge >= 0.3 is 11.1 Å². The van der Waals surface area contributed by atoms with E-state index in [-0.39, 0.29) is 0 Å². The summed E-state index contributed by atoms with van der Waals surface area (Å²) in [6, 6.07) is 12.4. The first-order valence-corrected chi connectivity index (χ1v) is 10.8. The number of anilines is 1. The highest BCUT2D eigenvalue weighted by molar-refractivity contribution is 8.00. The van der Waals surface area contributed by atoms with Crippen molar-refractivity contribution in [3.05, 3.63) is 78.7 Å². The summed E-state index contributed by atoms with van der Waals surface area (Å²) in [4.78, 5) is 32.0.